The van der Waals surface area contributed by atoms with Gasteiger partial charge in [-0.05, 0) is 44.9 Å². The van der Waals surface area contributed by atoms with E-state index in [9.17, 15) is 4.79 Å². The average Bonchev–Trinajstić information content (AvgIpc) is 2.68. The van der Waals surface area contributed by atoms with E-state index < -0.39 is 0 Å². The fourth-order valence-electron chi connectivity index (χ4n) is 4.05. The van der Waals surface area contributed by atoms with Crippen molar-refractivity contribution in [1.29, 1.82) is 0 Å². The smallest absolute Gasteiger partial charge is 0.224 e. The van der Waals surface area contributed by atoms with Gasteiger partial charge in [-0.25, -0.2) is 9.97 Å². The summed E-state index contributed by atoms with van der Waals surface area (Å²) in [5.41, 5.74) is 2.09. The van der Waals surface area contributed by atoms with Crippen LogP contribution in [0.1, 0.15) is 33.1 Å². The lowest BCUT2D eigenvalue weighted by Crippen LogP contribution is -2.52. The molecule has 4 rings (SSSR count). The lowest BCUT2D eigenvalue weighted by Gasteiger charge is -2.38. The minimum Gasteiger partial charge on any atom is -0.474 e. The molecule has 2 aromatic rings. The Balaban J connectivity index is 1.41. The highest BCUT2D eigenvalue weighted by Crippen LogP contribution is 2.28. The van der Waals surface area contributed by atoms with Crippen molar-refractivity contribution in [2.24, 2.45) is 0 Å². The molecule has 1 atom stereocenters. The van der Waals surface area contributed by atoms with E-state index in [1.54, 1.807) is 6.33 Å². The lowest BCUT2D eigenvalue weighted by atomic mass is 10.0. The van der Waals surface area contributed by atoms with Gasteiger partial charge in [0.15, 0.2) is 0 Å². The Labute approximate surface area is 166 Å². The van der Waals surface area contributed by atoms with Gasteiger partial charge in [0.2, 0.25) is 11.8 Å². The van der Waals surface area contributed by atoms with Gasteiger partial charge in [-0.2, -0.15) is 0 Å². The number of piperidine rings is 1. The zero-order chi connectivity index (χ0) is 19.5. The Morgan fingerprint density at radius 1 is 1.21 bits per heavy atom. The largest absolute Gasteiger partial charge is 0.474 e. The van der Waals surface area contributed by atoms with E-state index in [4.69, 9.17) is 4.74 Å². The van der Waals surface area contributed by atoms with E-state index in [1.807, 2.05) is 19.9 Å². The van der Waals surface area contributed by atoms with Crippen LogP contribution in [0.4, 0.5) is 5.69 Å². The van der Waals surface area contributed by atoms with Crippen molar-refractivity contribution in [1.82, 2.24) is 20.2 Å². The van der Waals surface area contributed by atoms with E-state index in [1.165, 1.54) is 5.69 Å². The van der Waals surface area contributed by atoms with Gasteiger partial charge in [-0.3, -0.25) is 9.69 Å². The molecule has 1 aromatic heterocycles. The predicted molar refractivity (Wildman–Crippen MR) is 110 cm³/mol. The quantitative estimate of drug-likeness (QED) is 0.854. The van der Waals surface area contributed by atoms with Gasteiger partial charge in [0, 0.05) is 50.9 Å². The van der Waals surface area contributed by atoms with Gasteiger partial charge >= 0.3 is 0 Å². The number of ether oxygens (including phenoxy) is 1. The zero-order valence-corrected chi connectivity index (χ0v) is 16.7. The van der Waals surface area contributed by atoms with Gasteiger partial charge in [0.25, 0.3) is 0 Å². The summed E-state index contributed by atoms with van der Waals surface area (Å²) in [6.07, 6.45) is 4.41. The number of anilines is 1. The molecular formula is C21H29N5O2. The maximum atomic E-state index is 11.6. The highest BCUT2D eigenvalue weighted by Gasteiger charge is 2.24. The van der Waals surface area contributed by atoms with E-state index in [0.717, 1.165) is 56.5 Å². The number of hydrogen-bond donors (Lipinski definition) is 1. The van der Waals surface area contributed by atoms with Crippen LogP contribution >= 0.6 is 0 Å². The van der Waals surface area contributed by atoms with E-state index in [2.05, 4.69) is 37.2 Å². The third-order valence-corrected chi connectivity index (χ3v) is 5.47. The van der Waals surface area contributed by atoms with Crippen LogP contribution in [-0.4, -0.2) is 65.6 Å². The summed E-state index contributed by atoms with van der Waals surface area (Å²) in [6, 6.07) is 6.63. The van der Waals surface area contributed by atoms with Crippen molar-refractivity contribution in [3.8, 4) is 5.88 Å². The number of nitrogens with zero attached hydrogens (tertiary/aromatic N) is 4. The molecule has 1 aromatic carbocycles. The number of carbonyl (C=O) groups excluding carboxylic acids is 1. The molecule has 28 heavy (non-hydrogen) atoms. The van der Waals surface area contributed by atoms with Crippen LogP contribution in [0.3, 0.4) is 0 Å². The number of amides is 1. The van der Waals surface area contributed by atoms with Crippen LogP contribution in [0.5, 0.6) is 5.88 Å². The predicted octanol–water partition coefficient (Wildman–Crippen LogP) is 2.21. The van der Waals surface area contributed by atoms with Crippen molar-refractivity contribution in [2.75, 3.05) is 37.6 Å². The van der Waals surface area contributed by atoms with Crippen molar-refractivity contribution < 1.29 is 9.53 Å². The monoisotopic (exact) mass is 383 g/mol. The molecule has 0 saturated carbocycles. The maximum absolute atomic E-state index is 11.6. The third-order valence-electron chi connectivity index (χ3n) is 5.47. The molecule has 2 saturated heterocycles. The van der Waals surface area contributed by atoms with Crippen LogP contribution in [-0.2, 0) is 4.79 Å². The first-order chi connectivity index (χ1) is 13.6. The number of benzene rings is 1. The van der Waals surface area contributed by atoms with Gasteiger partial charge in [-0.15, -0.1) is 0 Å². The highest BCUT2D eigenvalue weighted by atomic mass is 16.5. The second-order valence-electron chi connectivity index (χ2n) is 7.99. The molecule has 0 radical (unpaired) electrons. The van der Waals surface area contributed by atoms with E-state index >= 15 is 0 Å². The Hall–Kier alpha value is -2.41. The highest BCUT2D eigenvalue weighted by molar-refractivity contribution is 5.86. The summed E-state index contributed by atoms with van der Waals surface area (Å²) in [7, 11) is 0. The van der Waals surface area contributed by atoms with Gasteiger partial charge in [0.1, 0.15) is 6.33 Å². The molecule has 2 aliphatic heterocycles. The number of carbonyl (C=O) groups is 1. The molecule has 150 valence electrons. The fraction of sp³-hybridized carbons (Fsp3) is 0.571. The van der Waals surface area contributed by atoms with Crippen LogP contribution in [0, 0.1) is 0 Å². The van der Waals surface area contributed by atoms with Crippen LogP contribution in [0.25, 0.3) is 10.9 Å². The normalized spacial score (nSPS) is 21.2. The Bertz CT molecular complexity index is 833. The van der Waals surface area contributed by atoms with Gasteiger partial charge in [-0.1, -0.05) is 0 Å². The topological polar surface area (TPSA) is 70.6 Å². The summed E-state index contributed by atoms with van der Waals surface area (Å²) in [4.78, 5) is 25.2. The number of aromatic nitrogens is 2. The number of rotatable bonds is 5. The van der Waals surface area contributed by atoms with Crippen molar-refractivity contribution in [3.05, 3.63) is 24.5 Å². The molecule has 3 heterocycles. The summed E-state index contributed by atoms with van der Waals surface area (Å²) in [5.74, 6) is 0.848. The molecule has 1 amide bonds. The van der Waals surface area contributed by atoms with Crippen LogP contribution in [0.2, 0.25) is 0 Å². The third kappa shape index (κ3) is 4.35. The molecule has 2 aliphatic rings. The molecule has 2 fully saturated rings. The molecule has 7 nitrogen and oxygen atoms in total. The van der Waals surface area contributed by atoms with E-state index in [0.29, 0.717) is 18.3 Å². The number of nitrogens with one attached hydrogen (secondary N) is 1. The summed E-state index contributed by atoms with van der Waals surface area (Å²) < 4.78 is 5.87. The summed E-state index contributed by atoms with van der Waals surface area (Å²) in [5, 5.41) is 4.09. The maximum Gasteiger partial charge on any atom is 0.224 e. The standard InChI is InChI=1S/C21H29N5O2/c1-15(2)28-21-18-12-17(6-7-19(18)22-14-23-21)26-10-8-25(9-11-26)13-16-4-3-5-20(27)24-16/h6-7,12,14-16H,3-5,8-11,13H2,1-2H3,(H,24,27). The first-order valence-electron chi connectivity index (χ1n) is 10.3. The Morgan fingerprint density at radius 2 is 2.04 bits per heavy atom. The lowest BCUT2D eigenvalue weighted by molar-refractivity contribution is -0.123. The van der Waals surface area contributed by atoms with Crippen LogP contribution < -0.4 is 15.0 Å². The first kappa shape index (κ1) is 18.9. The van der Waals surface area contributed by atoms with Crippen molar-refractivity contribution in [3.63, 3.8) is 0 Å². The number of hydrogen-bond acceptors (Lipinski definition) is 6. The fourth-order valence-corrected chi connectivity index (χ4v) is 4.05. The molecule has 1 N–H and O–H groups in total. The van der Waals surface area contributed by atoms with Crippen molar-refractivity contribution in [2.45, 2.75) is 45.3 Å². The molecule has 0 aliphatic carbocycles. The van der Waals surface area contributed by atoms with Gasteiger partial charge < -0.3 is 15.0 Å². The molecule has 0 bridgehead atoms. The number of fused-ring (bicyclic) bond motifs is 1. The summed E-state index contributed by atoms with van der Waals surface area (Å²) >= 11 is 0. The van der Waals surface area contributed by atoms with Crippen LogP contribution in [0.15, 0.2) is 24.5 Å². The second kappa shape index (κ2) is 8.31. The molecular weight excluding hydrogens is 354 g/mol. The van der Waals surface area contributed by atoms with Gasteiger partial charge in [0.05, 0.1) is 17.0 Å². The average molecular weight is 383 g/mol. The number of piperazine rings is 1. The Morgan fingerprint density at radius 3 is 2.79 bits per heavy atom. The molecule has 1 unspecified atom stereocenters. The molecule has 0 spiro atoms. The summed E-state index contributed by atoms with van der Waals surface area (Å²) in [6.45, 7) is 8.92. The Kier molecular flexibility index (Phi) is 5.62. The second-order valence-corrected chi connectivity index (χ2v) is 7.99. The van der Waals surface area contributed by atoms with E-state index in [-0.39, 0.29) is 12.0 Å². The zero-order valence-electron chi connectivity index (χ0n) is 16.7. The first-order valence-corrected chi connectivity index (χ1v) is 10.3. The van der Waals surface area contributed by atoms with Crippen molar-refractivity contribution >= 4 is 22.5 Å². The molecule has 7 heteroatoms. The minimum absolute atomic E-state index is 0.0746. The minimum atomic E-state index is 0.0746. The SMILES string of the molecule is CC(C)Oc1ncnc2ccc(N3CCN(CC4CCCC(=O)N4)CC3)cc12.